The number of aromatic amines is 1. The number of H-pyrrole nitrogens is 1. The quantitative estimate of drug-likeness (QED) is 0.739. The molecule has 0 aliphatic carbocycles. The van der Waals surface area contributed by atoms with E-state index in [-0.39, 0.29) is 18.1 Å². The van der Waals surface area contributed by atoms with E-state index >= 15 is 0 Å². The second-order valence-electron chi connectivity index (χ2n) is 8.09. The number of hydrogen-bond donors (Lipinski definition) is 2. The standard InChI is InChI=1S/C23H29N3O4/c1-4-29-23(28)21-14(2)20(15(3)24-21)22(27)25-17-10-18-13-30-19(12-26(18)11-17)16-8-6-5-7-9-16/h5-9,17-19,24H,4,10-13H2,1-3H3,(H,25,27)/t17-,18+,19-/m1/s1. The van der Waals surface area contributed by atoms with Crippen LogP contribution in [-0.2, 0) is 9.47 Å². The number of nitrogens with zero attached hydrogens (tertiary/aromatic N) is 1. The van der Waals surface area contributed by atoms with Gasteiger partial charge in [0, 0.05) is 30.9 Å². The Morgan fingerprint density at radius 2 is 2.00 bits per heavy atom. The van der Waals surface area contributed by atoms with Gasteiger partial charge < -0.3 is 19.8 Å². The highest BCUT2D eigenvalue weighted by Gasteiger charge is 2.38. The molecule has 7 heteroatoms. The lowest BCUT2D eigenvalue weighted by Crippen LogP contribution is -2.43. The second kappa shape index (κ2) is 8.62. The molecule has 1 aromatic carbocycles. The zero-order chi connectivity index (χ0) is 21.3. The molecule has 0 radical (unpaired) electrons. The van der Waals surface area contributed by atoms with Crippen molar-refractivity contribution in [3.05, 3.63) is 58.4 Å². The molecule has 0 saturated carbocycles. The van der Waals surface area contributed by atoms with Gasteiger partial charge in [0.2, 0.25) is 0 Å². The van der Waals surface area contributed by atoms with Crippen molar-refractivity contribution in [1.82, 2.24) is 15.2 Å². The Morgan fingerprint density at radius 3 is 2.73 bits per heavy atom. The first-order chi connectivity index (χ1) is 14.5. The Labute approximate surface area is 176 Å². The molecule has 0 bridgehead atoms. The molecular weight excluding hydrogens is 382 g/mol. The summed E-state index contributed by atoms with van der Waals surface area (Å²) in [5.41, 5.74) is 3.38. The van der Waals surface area contributed by atoms with E-state index < -0.39 is 5.97 Å². The van der Waals surface area contributed by atoms with Crippen molar-refractivity contribution in [1.29, 1.82) is 0 Å². The molecule has 1 aromatic heterocycles. The van der Waals surface area contributed by atoms with Gasteiger partial charge in [0.1, 0.15) is 5.69 Å². The van der Waals surface area contributed by atoms with Gasteiger partial charge in [-0.2, -0.15) is 0 Å². The third-order valence-corrected chi connectivity index (χ3v) is 6.07. The number of carbonyl (C=O) groups is 2. The van der Waals surface area contributed by atoms with E-state index in [4.69, 9.17) is 9.47 Å². The number of rotatable bonds is 5. The minimum atomic E-state index is -0.431. The van der Waals surface area contributed by atoms with E-state index in [0.717, 1.165) is 19.5 Å². The molecule has 2 aliphatic heterocycles. The second-order valence-corrected chi connectivity index (χ2v) is 8.09. The predicted octanol–water partition coefficient (Wildman–Crippen LogP) is 2.75. The van der Waals surface area contributed by atoms with Crippen molar-refractivity contribution < 1.29 is 19.1 Å². The zero-order valence-corrected chi connectivity index (χ0v) is 17.7. The van der Waals surface area contributed by atoms with Crippen LogP contribution in [0.3, 0.4) is 0 Å². The van der Waals surface area contributed by atoms with Gasteiger partial charge in [0.05, 0.1) is 24.9 Å². The number of morpholine rings is 1. The minimum absolute atomic E-state index is 0.0559. The molecule has 2 fully saturated rings. The molecule has 3 atom stereocenters. The van der Waals surface area contributed by atoms with Crippen LogP contribution in [-0.4, -0.2) is 60.1 Å². The van der Waals surface area contributed by atoms with Crippen LogP contribution in [0, 0.1) is 13.8 Å². The van der Waals surface area contributed by atoms with Crippen LogP contribution in [0.1, 0.15) is 57.1 Å². The molecule has 1 amide bonds. The number of ether oxygens (including phenoxy) is 2. The number of hydrogen-bond acceptors (Lipinski definition) is 5. The summed E-state index contributed by atoms with van der Waals surface area (Å²) >= 11 is 0. The highest BCUT2D eigenvalue weighted by Crippen LogP contribution is 2.30. The minimum Gasteiger partial charge on any atom is -0.461 e. The Bertz CT molecular complexity index is 924. The van der Waals surface area contributed by atoms with Gasteiger partial charge in [-0.1, -0.05) is 30.3 Å². The van der Waals surface area contributed by atoms with Gasteiger partial charge in [-0.25, -0.2) is 4.79 Å². The zero-order valence-electron chi connectivity index (χ0n) is 17.7. The van der Waals surface area contributed by atoms with E-state index in [9.17, 15) is 9.59 Å². The number of aryl methyl sites for hydroxylation is 1. The summed E-state index contributed by atoms with van der Waals surface area (Å²) in [6.07, 6.45) is 0.929. The summed E-state index contributed by atoms with van der Waals surface area (Å²) in [5.74, 6) is -0.582. The fourth-order valence-electron chi connectivity index (χ4n) is 4.60. The topological polar surface area (TPSA) is 83.7 Å². The number of benzene rings is 1. The molecule has 3 heterocycles. The maximum atomic E-state index is 13.0. The Morgan fingerprint density at radius 1 is 1.23 bits per heavy atom. The van der Waals surface area contributed by atoms with Crippen LogP contribution in [0.4, 0.5) is 0 Å². The Kier molecular flexibility index (Phi) is 5.92. The van der Waals surface area contributed by atoms with E-state index in [1.165, 1.54) is 5.56 Å². The largest absolute Gasteiger partial charge is 0.461 e. The molecule has 0 spiro atoms. The molecule has 2 saturated heterocycles. The first-order valence-electron chi connectivity index (χ1n) is 10.6. The average molecular weight is 412 g/mol. The lowest BCUT2D eigenvalue weighted by molar-refractivity contribution is -0.0502. The van der Waals surface area contributed by atoms with Crippen LogP contribution in [0.5, 0.6) is 0 Å². The van der Waals surface area contributed by atoms with Crippen LogP contribution in [0.15, 0.2) is 30.3 Å². The fraction of sp³-hybridized carbons (Fsp3) is 0.478. The van der Waals surface area contributed by atoms with Gasteiger partial charge in [0.25, 0.3) is 5.91 Å². The van der Waals surface area contributed by atoms with Gasteiger partial charge in [-0.3, -0.25) is 9.69 Å². The van der Waals surface area contributed by atoms with Crippen molar-refractivity contribution in [2.45, 2.75) is 45.4 Å². The maximum absolute atomic E-state index is 13.0. The summed E-state index contributed by atoms with van der Waals surface area (Å²) in [7, 11) is 0. The molecule has 30 heavy (non-hydrogen) atoms. The number of nitrogens with one attached hydrogen (secondary N) is 2. The summed E-state index contributed by atoms with van der Waals surface area (Å²) in [6, 6.07) is 10.6. The van der Waals surface area contributed by atoms with Gasteiger partial charge in [0.15, 0.2) is 0 Å². The first kappa shape index (κ1) is 20.6. The highest BCUT2D eigenvalue weighted by molar-refractivity contribution is 6.01. The van der Waals surface area contributed by atoms with Gasteiger partial charge in [-0.15, -0.1) is 0 Å². The number of esters is 1. The molecule has 0 unspecified atom stereocenters. The van der Waals surface area contributed by atoms with Crippen LogP contribution < -0.4 is 5.32 Å². The third-order valence-electron chi connectivity index (χ3n) is 6.07. The summed E-state index contributed by atoms with van der Waals surface area (Å²) in [4.78, 5) is 30.5. The molecule has 2 aromatic rings. The molecule has 2 N–H and O–H groups in total. The van der Waals surface area contributed by atoms with Crippen LogP contribution >= 0.6 is 0 Å². The predicted molar refractivity (Wildman–Crippen MR) is 113 cm³/mol. The Hall–Kier alpha value is -2.64. The van der Waals surface area contributed by atoms with Gasteiger partial charge >= 0.3 is 5.97 Å². The average Bonchev–Trinajstić information content (AvgIpc) is 3.27. The van der Waals surface area contributed by atoms with Crippen LogP contribution in [0.2, 0.25) is 0 Å². The van der Waals surface area contributed by atoms with E-state index in [2.05, 4.69) is 27.3 Å². The van der Waals surface area contributed by atoms with E-state index in [1.807, 2.05) is 18.2 Å². The molecule has 160 valence electrons. The fourth-order valence-corrected chi connectivity index (χ4v) is 4.60. The van der Waals surface area contributed by atoms with Crippen molar-refractivity contribution in [2.75, 3.05) is 26.3 Å². The lowest BCUT2D eigenvalue weighted by Gasteiger charge is -2.35. The molecule has 2 aliphatic rings. The highest BCUT2D eigenvalue weighted by atomic mass is 16.5. The maximum Gasteiger partial charge on any atom is 0.355 e. The lowest BCUT2D eigenvalue weighted by atomic mass is 10.1. The number of amides is 1. The smallest absolute Gasteiger partial charge is 0.355 e. The van der Waals surface area contributed by atoms with Crippen molar-refractivity contribution >= 4 is 11.9 Å². The Balaban J connectivity index is 1.40. The van der Waals surface area contributed by atoms with Crippen molar-refractivity contribution in [3.63, 3.8) is 0 Å². The normalized spacial score (nSPS) is 23.8. The van der Waals surface area contributed by atoms with Crippen LogP contribution in [0.25, 0.3) is 0 Å². The molecule has 7 nitrogen and oxygen atoms in total. The van der Waals surface area contributed by atoms with E-state index in [0.29, 0.717) is 41.8 Å². The number of fused-ring (bicyclic) bond motifs is 1. The number of aromatic nitrogens is 1. The summed E-state index contributed by atoms with van der Waals surface area (Å²) in [6.45, 7) is 7.94. The van der Waals surface area contributed by atoms with Crippen molar-refractivity contribution in [3.8, 4) is 0 Å². The SMILES string of the molecule is CCOC(=O)c1[nH]c(C)c(C(=O)N[C@@H]2C[C@H]3CO[C@@H](c4ccccc4)CN3C2)c1C. The van der Waals surface area contributed by atoms with Gasteiger partial charge in [-0.05, 0) is 38.3 Å². The van der Waals surface area contributed by atoms with Crippen molar-refractivity contribution in [2.24, 2.45) is 0 Å². The van der Waals surface area contributed by atoms with E-state index in [1.54, 1.807) is 20.8 Å². The molecule has 4 rings (SSSR count). The first-order valence-corrected chi connectivity index (χ1v) is 10.6. The molecular formula is C23H29N3O4. The summed E-state index contributed by atoms with van der Waals surface area (Å²) < 4.78 is 11.2. The third kappa shape index (κ3) is 4.00. The summed E-state index contributed by atoms with van der Waals surface area (Å²) in [5, 5.41) is 3.16. The monoisotopic (exact) mass is 411 g/mol. The number of carbonyl (C=O) groups excluding carboxylic acids is 2.